The number of sulfonamides is 1. The first kappa shape index (κ1) is 63.5. The summed E-state index contributed by atoms with van der Waals surface area (Å²) >= 11 is 1.85. The molecule has 0 bridgehead atoms. The minimum absolute atomic E-state index is 0.00364. The molecule has 20 nitrogen and oxygen atoms in total. The van der Waals surface area contributed by atoms with E-state index in [-0.39, 0.29) is 100 Å². The van der Waals surface area contributed by atoms with Gasteiger partial charge in [-0.3, -0.25) is 19.2 Å². The molecule has 0 aliphatic carbocycles. The van der Waals surface area contributed by atoms with E-state index in [0.717, 1.165) is 59.7 Å². The molecule has 1 aromatic heterocycles. The van der Waals surface area contributed by atoms with Crippen LogP contribution in [0, 0.1) is 11.7 Å². The maximum atomic E-state index is 14.5. The molecule has 6 aromatic rings. The van der Waals surface area contributed by atoms with Gasteiger partial charge in [-0.25, -0.2) is 30.7 Å². The molecule has 2 fully saturated rings. The number of rotatable bonds is 31. The normalized spacial score (nSPS) is 16.9. The van der Waals surface area contributed by atoms with Crippen molar-refractivity contribution in [3.05, 3.63) is 167 Å². The third-order valence-corrected chi connectivity index (χ3v) is 19.9. The Labute approximate surface area is 499 Å². The molecular weight excluding hydrogens is 1150 g/mol. The lowest BCUT2D eigenvalue weighted by atomic mass is 9.99. The van der Waals surface area contributed by atoms with Crippen LogP contribution in [0.5, 0.6) is 5.75 Å². The molecule has 2 aliphatic heterocycles. The Morgan fingerprint density at radius 1 is 0.753 bits per heavy atom. The summed E-state index contributed by atoms with van der Waals surface area (Å²) in [4.78, 5) is 64.2. The minimum Gasteiger partial charge on any atom is -0.508 e. The summed E-state index contributed by atoms with van der Waals surface area (Å²) in [6.07, 6.45) is 5.02. The topological polar surface area (TPSA) is 288 Å². The number of urea groups is 1. The van der Waals surface area contributed by atoms with Gasteiger partial charge >= 0.3 is 6.03 Å². The van der Waals surface area contributed by atoms with Crippen molar-refractivity contribution in [2.75, 3.05) is 25.4 Å². The van der Waals surface area contributed by atoms with Crippen LogP contribution < -0.4 is 26.6 Å². The smallest absolute Gasteiger partial charge is 0.315 e. The molecular formula is C61H72FN9O11S3. The van der Waals surface area contributed by atoms with E-state index in [9.17, 15) is 55.4 Å². The van der Waals surface area contributed by atoms with Gasteiger partial charge in [0, 0.05) is 61.0 Å². The first-order valence-electron chi connectivity index (χ1n) is 28.4. The zero-order valence-corrected chi connectivity index (χ0v) is 49.8. The van der Waals surface area contributed by atoms with E-state index >= 15 is 0 Å². The molecule has 5 amide bonds. The Hall–Kier alpha value is -7.51. The summed E-state index contributed by atoms with van der Waals surface area (Å²) < 4.78 is 72.3. The third-order valence-electron chi connectivity index (χ3n) is 14.8. The van der Waals surface area contributed by atoms with Crippen LogP contribution in [-0.2, 0) is 53.6 Å². The number of aliphatic hydroxyl groups is 1. The maximum Gasteiger partial charge on any atom is 0.315 e. The van der Waals surface area contributed by atoms with Crippen molar-refractivity contribution >= 4 is 61.2 Å². The molecule has 2 saturated heterocycles. The Kier molecular flexibility index (Phi) is 22.1. The SMILES string of the molecule is CC(C)CN(CC(O)[C@H](Cc1ccc(O)cc1)n1cc(CNC(=O)[C@H](Cc2ccc(C(=O)c3ccccc3)cc2)NC(=O)CCCCCNC(=O)CCCC[C@@H]2SC[C@@H]3NC(=O)N[C@@H]32)nn1)S(=O)(=O)c1cccc(S(=O)(=O)c2ccc(F)cc2)c1. The number of carbonyl (C=O) groups excluding carboxylic acids is 5. The number of ketones is 1. The zero-order chi connectivity index (χ0) is 60.7. The number of aliphatic hydroxyl groups excluding tert-OH is 1. The molecule has 2 aliphatic rings. The average Bonchev–Trinajstić information content (AvgIpc) is 4.44. The van der Waals surface area contributed by atoms with E-state index in [1.165, 1.54) is 41.2 Å². The lowest BCUT2D eigenvalue weighted by molar-refractivity contribution is -0.129. The first-order chi connectivity index (χ1) is 40.7. The second-order valence-corrected chi connectivity index (χ2v) is 27.0. The fourth-order valence-electron chi connectivity index (χ4n) is 10.3. The number of amides is 5. The molecule has 6 atom stereocenters. The summed E-state index contributed by atoms with van der Waals surface area (Å²) in [6, 6.07) is 28.9. The fourth-order valence-corrected chi connectivity index (χ4v) is 14.9. The Bertz CT molecular complexity index is 3490. The highest BCUT2D eigenvalue weighted by molar-refractivity contribution is 8.00. The highest BCUT2D eigenvalue weighted by Crippen LogP contribution is 2.33. The van der Waals surface area contributed by atoms with Crippen molar-refractivity contribution in [2.24, 2.45) is 5.92 Å². The van der Waals surface area contributed by atoms with Gasteiger partial charge in [0.15, 0.2) is 5.78 Å². The van der Waals surface area contributed by atoms with Crippen molar-refractivity contribution in [2.45, 2.75) is 135 Å². The predicted octanol–water partition coefficient (Wildman–Crippen LogP) is 6.42. The number of sulfone groups is 1. The van der Waals surface area contributed by atoms with Gasteiger partial charge in [0.2, 0.25) is 37.6 Å². The highest BCUT2D eigenvalue weighted by Gasteiger charge is 2.42. The average molecular weight is 1220 g/mol. The van der Waals surface area contributed by atoms with Crippen LogP contribution >= 0.6 is 11.8 Å². The zero-order valence-electron chi connectivity index (χ0n) is 47.3. The molecule has 8 rings (SSSR count). The van der Waals surface area contributed by atoms with Gasteiger partial charge in [-0.1, -0.05) is 105 Å². The quantitative estimate of drug-likeness (QED) is 0.0107. The van der Waals surface area contributed by atoms with Crippen molar-refractivity contribution < 1.29 is 55.4 Å². The number of nitrogens with one attached hydrogen (secondary N) is 5. The largest absolute Gasteiger partial charge is 0.508 e. The molecule has 452 valence electrons. The van der Waals surface area contributed by atoms with Gasteiger partial charge < -0.3 is 36.8 Å². The number of nitrogens with zero attached hydrogens (tertiary/aromatic N) is 4. The summed E-state index contributed by atoms with van der Waals surface area (Å²) in [5.74, 6) is -1.14. The van der Waals surface area contributed by atoms with Gasteiger partial charge in [-0.2, -0.15) is 16.1 Å². The monoisotopic (exact) mass is 1220 g/mol. The van der Waals surface area contributed by atoms with Gasteiger partial charge in [-0.05, 0) is 104 Å². The number of halogens is 1. The van der Waals surface area contributed by atoms with E-state index in [1.807, 2.05) is 17.8 Å². The van der Waals surface area contributed by atoms with Gasteiger partial charge in [0.05, 0.1) is 51.7 Å². The number of carbonyl (C=O) groups is 5. The third kappa shape index (κ3) is 17.6. The van der Waals surface area contributed by atoms with E-state index in [2.05, 4.69) is 36.9 Å². The molecule has 85 heavy (non-hydrogen) atoms. The first-order valence-corrected chi connectivity index (χ1v) is 32.4. The van der Waals surface area contributed by atoms with Gasteiger partial charge in [0.25, 0.3) is 0 Å². The van der Waals surface area contributed by atoms with E-state index < -0.39 is 56.3 Å². The van der Waals surface area contributed by atoms with Crippen LogP contribution in [0.3, 0.4) is 0 Å². The number of thioether (sulfide) groups is 1. The number of aromatic hydroxyl groups is 1. The molecule has 24 heteroatoms. The summed E-state index contributed by atoms with van der Waals surface area (Å²) in [5.41, 5.74) is 2.52. The number of phenolic OH excluding ortho intramolecular Hbond substituents is 1. The van der Waals surface area contributed by atoms with E-state index in [1.54, 1.807) is 74.5 Å². The van der Waals surface area contributed by atoms with Crippen molar-refractivity contribution in [3.63, 3.8) is 0 Å². The highest BCUT2D eigenvalue weighted by atomic mass is 32.2. The van der Waals surface area contributed by atoms with Crippen molar-refractivity contribution in [1.82, 2.24) is 45.9 Å². The van der Waals surface area contributed by atoms with E-state index in [0.29, 0.717) is 59.7 Å². The van der Waals surface area contributed by atoms with Crippen LogP contribution in [0.1, 0.15) is 104 Å². The molecule has 0 spiro atoms. The summed E-state index contributed by atoms with van der Waals surface area (Å²) in [5, 5.41) is 45.8. The number of fused-ring (bicyclic) bond motifs is 1. The number of aromatic nitrogens is 3. The number of benzene rings is 5. The molecule has 0 radical (unpaired) electrons. The molecule has 5 aromatic carbocycles. The van der Waals surface area contributed by atoms with Crippen LogP contribution in [0.4, 0.5) is 9.18 Å². The number of hydrogen-bond acceptors (Lipinski definition) is 14. The molecule has 7 N–H and O–H groups in total. The van der Waals surface area contributed by atoms with Crippen LogP contribution in [0.15, 0.2) is 148 Å². The maximum absolute atomic E-state index is 14.5. The summed E-state index contributed by atoms with van der Waals surface area (Å²) in [6.45, 7) is 3.31. The lowest BCUT2D eigenvalue weighted by Crippen LogP contribution is -2.47. The Balaban J connectivity index is 0.904. The van der Waals surface area contributed by atoms with E-state index in [4.69, 9.17) is 0 Å². The molecule has 3 heterocycles. The number of unbranched alkanes of at least 4 members (excludes halogenated alkanes) is 3. The van der Waals surface area contributed by atoms with Crippen LogP contribution in [0.25, 0.3) is 0 Å². The fraction of sp³-hybridized carbons (Fsp3) is 0.393. The predicted molar refractivity (Wildman–Crippen MR) is 318 cm³/mol. The van der Waals surface area contributed by atoms with Gasteiger partial charge in [-0.15, -0.1) is 5.10 Å². The van der Waals surface area contributed by atoms with Crippen molar-refractivity contribution in [1.29, 1.82) is 0 Å². The second-order valence-electron chi connectivity index (χ2n) is 21.8. The Morgan fingerprint density at radius 3 is 2.15 bits per heavy atom. The number of hydrogen-bond donors (Lipinski definition) is 7. The van der Waals surface area contributed by atoms with Crippen LogP contribution in [-0.4, -0.2) is 131 Å². The standard InChI is InChI=1S/C61H72FN9O11S3/c1-40(2)36-70(85(81,82)50-15-11-14-49(34-50)84(79,80)48-29-25-45(62)26-30-48)38-54(73)53(33-42-21-27-47(72)28-22-42)71-37-46(68-69-71)35-64-60(77)51(32-41-19-23-44(24-20-41)59(76)43-12-5-3-6-13-43)65-57(75)18-7-4-10-31-63-56(74)17-9-8-16-55-58-52(39-83-55)66-61(78)67-58/h3,5-6,11-15,19-30,34,37,40,51-55,58,72-73H,4,7-10,16-18,31-33,35-36,38-39H2,1-2H3,(H,63,74)(H,64,77)(H,65,75)(H2,66,67,78)/t51-,52-,53-,54?,55-,58-/m0/s1. The molecule has 1 unspecified atom stereocenters. The van der Waals surface area contributed by atoms with Crippen LogP contribution in [0.2, 0.25) is 0 Å². The number of phenols is 1. The van der Waals surface area contributed by atoms with Gasteiger partial charge in [0.1, 0.15) is 23.3 Å². The second kappa shape index (κ2) is 29.5. The minimum atomic E-state index is -4.49. The Morgan fingerprint density at radius 2 is 1.42 bits per heavy atom. The van der Waals surface area contributed by atoms with Crippen molar-refractivity contribution in [3.8, 4) is 5.75 Å². The molecule has 0 saturated carbocycles. The summed E-state index contributed by atoms with van der Waals surface area (Å²) in [7, 11) is -8.76. The lowest BCUT2D eigenvalue weighted by Gasteiger charge is -2.30.